The minimum Gasteiger partial charge on any atom is -0.319 e. The van der Waals surface area contributed by atoms with Crippen LogP contribution >= 0.6 is 11.3 Å². The molecular formula is C17H11N3OS. The molecule has 106 valence electrons. The van der Waals surface area contributed by atoms with Crippen LogP contribution in [0.25, 0.3) is 21.1 Å². The highest BCUT2D eigenvalue weighted by atomic mass is 32.1. The normalized spacial score (nSPS) is 10.9. The van der Waals surface area contributed by atoms with Crippen LogP contribution in [0.1, 0.15) is 9.80 Å². The standard InChI is InChI=1S/C17H11N3OS/c21-16(17-20-14-6-1-2-9-15(14)22-17)19-13-8-3-7-12-11(13)5-4-10-18-12/h1-10H,(H,19,21). The van der Waals surface area contributed by atoms with Crippen molar-refractivity contribution in [3.8, 4) is 0 Å². The van der Waals surface area contributed by atoms with Crippen LogP contribution < -0.4 is 5.32 Å². The molecule has 2 heterocycles. The molecule has 0 aliphatic rings. The first-order valence-electron chi connectivity index (χ1n) is 6.82. The van der Waals surface area contributed by atoms with Gasteiger partial charge in [-0.1, -0.05) is 18.2 Å². The molecule has 0 saturated heterocycles. The van der Waals surface area contributed by atoms with Crippen molar-refractivity contribution in [1.82, 2.24) is 9.97 Å². The van der Waals surface area contributed by atoms with Gasteiger partial charge in [0.2, 0.25) is 0 Å². The van der Waals surface area contributed by atoms with Crippen LogP contribution in [0.4, 0.5) is 5.69 Å². The molecule has 1 amide bonds. The van der Waals surface area contributed by atoms with Gasteiger partial charge in [0.15, 0.2) is 5.01 Å². The van der Waals surface area contributed by atoms with Crippen molar-refractivity contribution in [3.63, 3.8) is 0 Å². The Morgan fingerprint density at radius 1 is 0.955 bits per heavy atom. The predicted molar refractivity (Wildman–Crippen MR) is 89.3 cm³/mol. The van der Waals surface area contributed by atoms with Gasteiger partial charge in [0.1, 0.15) is 0 Å². The molecule has 0 fully saturated rings. The topological polar surface area (TPSA) is 54.9 Å². The maximum absolute atomic E-state index is 12.4. The molecule has 0 radical (unpaired) electrons. The third-order valence-corrected chi connectivity index (χ3v) is 4.42. The molecule has 2 aromatic carbocycles. The zero-order valence-electron chi connectivity index (χ0n) is 11.5. The van der Waals surface area contributed by atoms with E-state index in [4.69, 9.17) is 0 Å². The first-order chi connectivity index (χ1) is 10.8. The van der Waals surface area contributed by atoms with Crippen molar-refractivity contribution in [2.45, 2.75) is 0 Å². The third-order valence-electron chi connectivity index (χ3n) is 3.38. The van der Waals surface area contributed by atoms with Crippen LogP contribution in [0.5, 0.6) is 0 Å². The van der Waals surface area contributed by atoms with Gasteiger partial charge >= 0.3 is 0 Å². The number of anilines is 1. The van der Waals surface area contributed by atoms with Gasteiger partial charge in [-0.25, -0.2) is 4.98 Å². The van der Waals surface area contributed by atoms with Crippen LogP contribution in [-0.2, 0) is 0 Å². The van der Waals surface area contributed by atoms with Crippen molar-refractivity contribution in [1.29, 1.82) is 0 Å². The van der Waals surface area contributed by atoms with Crippen LogP contribution in [-0.4, -0.2) is 15.9 Å². The Kier molecular flexibility index (Phi) is 3.05. The summed E-state index contributed by atoms with van der Waals surface area (Å²) < 4.78 is 1.01. The zero-order valence-corrected chi connectivity index (χ0v) is 12.3. The molecule has 4 nitrogen and oxygen atoms in total. The predicted octanol–water partition coefficient (Wildman–Crippen LogP) is 4.10. The highest BCUT2D eigenvalue weighted by molar-refractivity contribution is 7.20. The number of hydrogen-bond acceptors (Lipinski definition) is 4. The number of carbonyl (C=O) groups is 1. The molecule has 0 aliphatic heterocycles. The average Bonchev–Trinajstić information content (AvgIpc) is 2.99. The molecule has 1 N–H and O–H groups in total. The number of carbonyl (C=O) groups excluding carboxylic acids is 1. The molecule has 2 aromatic heterocycles. The van der Waals surface area contributed by atoms with E-state index < -0.39 is 0 Å². The highest BCUT2D eigenvalue weighted by Gasteiger charge is 2.13. The summed E-state index contributed by atoms with van der Waals surface area (Å²) in [6.07, 6.45) is 1.74. The van der Waals surface area contributed by atoms with Gasteiger partial charge in [-0.05, 0) is 36.4 Å². The fourth-order valence-corrected chi connectivity index (χ4v) is 3.22. The van der Waals surface area contributed by atoms with Crippen molar-refractivity contribution >= 4 is 44.1 Å². The number of rotatable bonds is 2. The minimum atomic E-state index is -0.197. The van der Waals surface area contributed by atoms with Gasteiger partial charge in [-0.2, -0.15) is 0 Å². The lowest BCUT2D eigenvalue weighted by atomic mass is 10.2. The molecule has 0 spiro atoms. The first-order valence-corrected chi connectivity index (χ1v) is 7.63. The average molecular weight is 305 g/mol. The second-order valence-corrected chi connectivity index (χ2v) is 5.85. The maximum atomic E-state index is 12.4. The smallest absolute Gasteiger partial charge is 0.284 e. The van der Waals surface area contributed by atoms with E-state index in [2.05, 4.69) is 15.3 Å². The third kappa shape index (κ3) is 2.21. The lowest BCUT2D eigenvalue weighted by Gasteiger charge is -2.06. The van der Waals surface area contributed by atoms with Crippen molar-refractivity contribution in [2.75, 3.05) is 5.32 Å². The van der Waals surface area contributed by atoms with Gasteiger partial charge in [-0.3, -0.25) is 9.78 Å². The SMILES string of the molecule is O=C(Nc1cccc2ncccc12)c1nc2ccccc2s1. The number of aromatic nitrogens is 2. The van der Waals surface area contributed by atoms with Crippen molar-refractivity contribution in [3.05, 3.63) is 65.8 Å². The molecule has 0 atom stereocenters. The molecule has 4 aromatic rings. The summed E-state index contributed by atoms with van der Waals surface area (Å²) in [6, 6.07) is 17.2. The summed E-state index contributed by atoms with van der Waals surface area (Å²) in [5, 5.41) is 4.31. The lowest BCUT2D eigenvalue weighted by Crippen LogP contribution is -2.11. The van der Waals surface area contributed by atoms with Gasteiger partial charge in [0, 0.05) is 11.6 Å². The van der Waals surface area contributed by atoms with E-state index in [0.29, 0.717) is 5.01 Å². The van der Waals surface area contributed by atoms with E-state index in [1.165, 1.54) is 11.3 Å². The fraction of sp³-hybridized carbons (Fsp3) is 0. The number of pyridine rings is 1. The molecular weight excluding hydrogens is 294 g/mol. The Labute approximate surface area is 130 Å². The lowest BCUT2D eigenvalue weighted by molar-refractivity contribution is 0.102. The molecule has 22 heavy (non-hydrogen) atoms. The number of amides is 1. The van der Waals surface area contributed by atoms with E-state index in [-0.39, 0.29) is 5.91 Å². The number of benzene rings is 2. The first kappa shape index (κ1) is 12.9. The van der Waals surface area contributed by atoms with Crippen LogP contribution in [0.3, 0.4) is 0 Å². The second kappa shape index (κ2) is 5.20. The number of fused-ring (bicyclic) bond motifs is 2. The summed E-state index contributed by atoms with van der Waals surface area (Å²) in [4.78, 5) is 21.1. The van der Waals surface area contributed by atoms with Gasteiger partial charge in [0.25, 0.3) is 5.91 Å². The fourth-order valence-electron chi connectivity index (χ4n) is 2.36. The van der Waals surface area contributed by atoms with Gasteiger partial charge in [0.05, 0.1) is 21.4 Å². The van der Waals surface area contributed by atoms with E-state index in [1.54, 1.807) is 6.20 Å². The Morgan fingerprint density at radius 3 is 2.73 bits per heavy atom. The van der Waals surface area contributed by atoms with Gasteiger partial charge < -0.3 is 5.32 Å². The highest BCUT2D eigenvalue weighted by Crippen LogP contribution is 2.25. The zero-order chi connectivity index (χ0) is 14.9. The van der Waals surface area contributed by atoms with E-state index in [1.807, 2.05) is 54.6 Å². The van der Waals surface area contributed by atoms with E-state index in [0.717, 1.165) is 26.8 Å². The van der Waals surface area contributed by atoms with Crippen LogP contribution in [0.15, 0.2) is 60.8 Å². The molecule has 0 unspecified atom stereocenters. The second-order valence-electron chi connectivity index (χ2n) is 4.82. The van der Waals surface area contributed by atoms with Crippen molar-refractivity contribution in [2.24, 2.45) is 0 Å². The van der Waals surface area contributed by atoms with Crippen LogP contribution in [0, 0.1) is 0 Å². The largest absolute Gasteiger partial charge is 0.319 e. The number of thiazole rings is 1. The maximum Gasteiger partial charge on any atom is 0.284 e. The van der Waals surface area contributed by atoms with E-state index >= 15 is 0 Å². The molecule has 4 rings (SSSR count). The monoisotopic (exact) mass is 305 g/mol. The summed E-state index contributed by atoms with van der Waals surface area (Å²) in [6.45, 7) is 0. The Balaban J connectivity index is 1.71. The Bertz CT molecular complexity index is 955. The summed E-state index contributed by atoms with van der Waals surface area (Å²) in [5.41, 5.74) is 2.44. The molecule has 0 aliphatic carbocycles. The summed E-state index contributed by atoms with van der Waals surface area (Å²) >= 11 is 1.39. The van der Waals surface area contributed by atoms with Gasteiger partial charge in [-0.15, -0.1) is 11.3 Å². The summed E-state index contributed by atoms with van der Waals surface area (Å²) in [7, 11) is 0. The number of nitrogens with one attached hydrogen (secondary N) is 1. The molecule has 0 saturated carbocycles. The minimum absolute atomic E-state index is 0.197. The molecule has 0 bridgehead atoms. The number of hydrogen-bond donors (Lipinski definition) is 1. The summed E-state index contributed by atoms with van der Waals surface area (Å²) in [5.74, 6) is -0.197. The van der Waals surface area contributed by atoms with Crippen LogP contribution in [0.2, 0.25) is 0 Å². The molecule has 5 heteroatoms. The van der Waals surface area contributed by atoms with E-state index in [9.17, 15) is 4.79 Å². The number of nitrogens with zero attached hydrogens (tertiary/aromatic N) is 2. The van der Waals surface area contributed by atoms with Crippen molar-refractivity contribution < 1.29 is 4.79 Å². The Hall–Kier alpha value is -2.79. The quantitative estimate of drug-likeness (QED) is 0.606. The number of para-hydroxylation sites is 1. The Morgan fingerprint density at radius 2 is 1.82 bits per heavy atom.